The Morgan fingerprint density at radius 3 is 2.91 bits per heavy atom. The van der Waals surface area contributed by atoms with Crippen molar-refractivity contribution in [1.29, 1.82) is 0 Å². The molecule has 0 amide bonds. The first-order valence-corrected chi connectivity index (χ1v) is 7.65. The predicted molar refractivity (Wildman–Crippen MR) is 86.2 cm³/mol. The molecule has 0 spiro atoms. The van der Waals surface area contributed by atoms with Crippen molar-refractivity contribution < 1.29 is 15.0 Å². The summed E-state index contributed by atoms with van der Waals surface area (Å²) in [6.07, 6.45) is 6.44. The summed E-state index contributed by atoms with van der Waals surface area (Å²) in [6, 6.07) is 3.22. The van der Waals surface area contributed by atoms with Crippen LogP contribution in [0.2, 0.25) is 0 Å². The summed E-state index contributed by atoms with van der Waals surface area (Å²) in [7, 11) is 0. The van der Waals surface area contributed by atoms with Gasteiger partial charge in [0.1, 0.15) is 11.4 Å². The van der Waals surface area contributed by atoms with Crippen molar-refractivity contribution in [3.63, 3.8) is 0 Å². The lowest BCUT2D eigenvalue weighted by Gasteiger charge is -2.42. The molecule has 120 valence electrons. The molecular weight excluding hydrogens is 280 g/mol. The summed E-state index contributed by atoms with van der Waals surface area (Å²) in [5.41, 5.74) is 1.23. The minimum Gasteiger partial charge on any atom is -0.478 e. The molecule has 2 heterocycles. The molecule has 0 unspecified atom stereocenters. The Bertz CT molecular complexity index is 567. The van der Waals surface area contributed by atoms with Gasteiger partial charge in [0, 0.05) is 24.7 Å². The third kappa shape index (κ3) is 3.65. The molecule has 1 aliphatic rings. The lowest BCUT2D eigenvalue weighted by molar-refractivity contribution is 0.0696. The molecule has 1 aromatic heterocycles. The fraction of sp³-hybridized carbons (Fsp3) is 0.529. The van der Waals surface area contributed by atoms with Crippen LogP contribution in [0.15, 0.2) is 30.0 Å². The molecule has 22 heavy (non-hydrogen) atoms. The first-order chi connectivity index (χ1) is 10.5. The number of piperidine rings is 1. The van der Waals surface area contributed by atoms with Crippen LogP contribution >= 0.6 is 0 Å². The summed E-state index contributed by atoms with van der Waals surface area (Å²) >= 11 is 0. The number of pyridine rings is 1. The second-order valence-electron chi connectivity index (χ2n) is 6.35. The molecule has 1 aliphatic heterocycles. The van der Waals surface area contributed by atoms with Gasteiger partial charge in [-0.15, -0.1) is 0 Å². The lowest BCUT2D eigenvalue weighted by Crippen LogP contribution is -2.46. The second-order valence-corrected chi connectivity index (χ2v) is 6.35. The van der Waals surface area contributed by atoms with Gasteiger partial charge in [0.2, 0.25) is 0 Å². The van der Waals surface area contributed by atoms with Crippen LogP contribution in [0.1, 0.15) is 43.5 Å². The van der Waals surface area contributed by atoms with Crippen molar-refractivity contribution in [2.45, 2.75) is 33.1 Å². The first kappa shape index (κ1) is 16.5. The minimum absolute atomic E-state index is 0.0997. The van der Waals surface area contributed by atoms with Crippen LogP contribution in [-0.4, -0.2) is 40.9 Å². The molecule has 1 saturated heterocycles. The zero-order chi connectivity index (χ0) is 16.2. The molecule has 1 atom stereocenters. The number of carboxylic acids is 1. The maximum Gasteiger partial charge on any atom is 0.339 e. The summed E-state index contributed by atoms with van der Waals surface area (Å²) in [5, 5.41) is 19.2. The third-order valence-electron chi connectivity index (χ3n) is 4.26. The molecule has 2 rings (SSSR count). The maximum absolute atomic E-state index is 11.4. The maximum atomic E-state index is 11.4. The van der Waals surface area contributed by atoms with E-state index in [9.17, 15) is 15.0 Å². The van der Waals surface area contributed by atoms with E-state index in [1.54, 1.807) is 18.3 Å². The third-order valence-corrected chi connectivity index (χ3v) is 4.26. The number of rotatable bonds is 5. The largest absolute Gasteiger partial charge is 0.478 e. The Morgan fingerprint density at radius 1 is 1.50 bits per heavy atom. The highest BCUT2D eigenvalue weighted by atomic mass is 16.4. The summed E-state index contributed by atoms with van der Waals surface area (Å²) in [6.45, 7) is 5.60. The number of anilines is 1. The van der Waals surface area contributed by atoms with Crippen molar-refractivity contribution >= 4 is 11.8 Å². The molecule has 0 saturated carbocycles. The van der Waals surface area contributed by atoms with Crippen LogP contribution in [0.25, 0.3) is 0 Å². The summed E-state index contributed by atoms with van der Waals surface area (Å²) in [4.78, 5) is 17.7. The van der Waals surface area contributed by atoms with Crippen molar-refractivity contribution in [3.8, 4) is 0 Å². The van der Waals surface area contributed by atoms with Crippen molar-refractivity contribution in [3.05, 3.63) is 35.5 Å². The molecule has 5 heteroatoms. The van der Waals surface area contributed by atoms with Crippen LogP contribution in [-0.2, 0) is 0 Å². The highest BCUT2D eigenvalue weighted by Crippen LogP contribution is 2.36. The van der Waals surface area contributed by atoms with Crippen molar-refractivity contribution in [1.82, 2.24) is 4.98 Å². The van der Waals surface area contributed by atoms with E-state index in [1.807, 2.05) is 18.7 Å². The van der Waals surface area contributed by atoms with Gasteiger partial charge in [-0.25, -0.2) is 9.78 Å². The summed E-state index contributed by atoms with van der Waals surface area (Å²) < 4.78 is 0. The van der Waals surface area contributed by atoms with Crippen molar-refractivity contribution in [2.75, 3.05) is 24.6 Å². The Morgan fingerprint density at radius 2 is 2.27 bits per heavy atom. The predicted octanol–water partition coefficient (Wildman–Crippen LogP) is 2.72. The van der Waals surface area contributed by atoms with Gasteiger partial charge in [-0.05, 0) is 45.2 Å². The number of hydrogen-bond donors (Lipinski definition) is 2. The molecule has 0 bridgehead atoms. The Labute approximate surface area is 131 Å². The number of aromatic nitrogens is 1. The minimum atomic E-state index is -0.965. The normalized spacial score (nSPS) is 21.5. The molecule has 0 radical (unpaired) electrons. The van der Waals surface area contributed by atoms with Crippen LogP contribution in [0.5, 0.6) is 0 Å². The number of carboxylic acid groups (broad SMARTS) is 1. The molecule has 0 aromatic carbocycles. The number of hydrogen-bond acceptors (Lipinski definition) is 4. The monoisotopic (exact) mass is 304 g/mol. The average molecular weight is 304 g/mol. The van der Waals surface area contributed by atoms with E-state index in [4.69, 9.17) is 0 Å². The van der Waals surface area contributed by atoms with E-state index in [0.717, 1.165) is 25.8 Å². The van der Waals surface area contributed by atoms with Crippen LogP contribution in [0, 0.1) is 5.41 Å². The topological polar surface area (TPSA) is 73.7 Å². The Kier molecular flexibility index (Phi) is 5.19. The number of aromatic carboxylic acids is 1. The highest BCUT2D eigenvalue weighted by Gasteiger charge is 2.35. The number of aliphatic hydroxyl groups excluding tert-OH is 1. The van der Waals surface area contributed by atoms with Gasteiger partial charge < -0.3 is 15.1 Å². The number of carbonyl (C=O) groups is 1. The molecule has 1 aromatic rings. The van der Waals surface area contributed by atoms with E-state index >= 15 is 0 Å². The van der Waals surface area contributed by atoms with Crippen molar-refractivity contribution in [2.24, 2.45) is 5.41 Å². The molecule has 0 aliphatic carbocycles. The number of aliphatic hydroxyl groups is 1. The van der Waals surface area contributed by atoms with E-state index in [1.165, 1.54) is 5.57 Å². The quantitative estimate of drug-likeness (QED) is 0.818. The smallest absolute Gasteiger partial charge is 0.339 e. The Balaban J connectivity index is 2.26. The molecule has 1 fully saturated rings. The number of nitrogens with zero attached hydrogens (tertiary/aromatic N) is 2. The summed E-state index contributed by atoms with van der Waals surface area (Å²) in [5.74, 6) is -0.461. The zero-order valence-electron chi connectivity index (χ0n) is 13.2. The Hall–Kier alpha value is -1.88. The van der Waals surface area contributed by atoms with Gasteiger partial charge in [0.05, 0.1) is 6.61 Å². The second kappa shape index (κ2) is 6.92. The average Bonchev–Trinajstić information content (AvgIpc) is 2.53. The SMILES string of the molecule is CC(C)=CC[C@]1(CO)CCCN(c2ncccc2C(=O)O)C1. The van der Waals surface area contributed by atoms with E-state index in [2.05, 4.69) is 11.1 Å². The zero-order valence-corrected chi connectivity index (χ0v) is 13.2. The van der Waals surface area contributed by atoms with Crippen LogP contribution < -0.4 is 4.90 Å². The van der Waals surface area contributed by atoms with Crippen LogP contribution in [0.4, 0.5) is 5.82 Å². The molecular formula is C17H24N2O3. The molecule has 2 N–H and O–H groups in total. The van der Waals surface area contributed by atoms with Gasteiger partial charge in [-0.1, -0.05) is 11.6 Å². The lowest BCUT2D eigenvalue weighted by atomic mass is 9.77. The standard InChI is InChI=1S/C17H24N2O3/c1-13(2)6-8-17(12-20)7-4-10-19(11-17)15-14(16(21)22)5-3-9-18-15/h3,5-6,9,20H,4,7-8,10-12H2,1-2H3,(H,21,22)/t17-/m1/s1. The van der Waals surface area contributed by atoms with Gasteiger partial charge in [-0.3, -0.25) is 0 Å². The fourth-order valence-corrected chi connectivity index (χ4v) is 2.99. The van der Waals surface area contributed by atoms with Gasteiger partial charge >= 0.3 is 5.97 Å². The van der Waals surface area contributed by atoms with E-state index in [-0.39, 0.29) is 17.6 Å². The van der Waals surface area contributed by atoms with E-state index in [0.29, 0.717) is 12.4 Å². The van der Waals surface area contributed by atoms with Gasteiger partial charge in [-0.2, -0.15) is 0 Å². The van der Waals surface area contributed by atoms with E-state index < -0.39 is 5.97 Å². The molecule has 5 nitrogen and oxygen atoms in total. The fourth-order valence-electron chi connectivity index (χ4n) is 2.99. The van der Waals surface area contributed by atoms with Gasteiger partial charge in [0.15, 0.2) is 0 Å². The highest BCUT2D eigenvalue weighted by molar-refractivity contribution is 5.93. The van der Waals surface area contributed by atoms with Crippen LogP contribution in [0.3, 0.4) is 0 Å². The van der Waals surface area contributed by atoms with Gasteiger partial charge in [0.25, 0.3) is 0 Å². The first-order valence-electron chi connectivity index (χ1n) is 7.65. The number of allylic oxidation sites excluding steroid dienone is 2.